The Labute approximate surface area is 189 Å². The Morgan fingerprint density at radius 1 is 1.00 bits per heavy atom. The van der Waals surface area contributed by atoms with Crippen molar-refractivity contribution in [1.29, 1.82) is 0 Å². The molecule has 0 saturated carbocycles. The highest BCUT2D eigenvalue weighted by molar-refractivity contribution is 6.78. The van der Waals surface area contributed by atoms with Crippen LogP contribution in [0.3, 0.4) is 0 Å². The Hall–Kier alpha value is -2.02. The van der Waals surface area contributed by atoms with Crippen molar-refractivity contribution in [1.82, 2.24) is 5.32 Å². The van der Waals surface area contributed by atoms with E-state index in [0.717, 1.165) is 11.3 Å². The van der Waals surface area contributed by atoms with Gasteiger partial charge in [0.1, 0.15) is 17.4 Å². The summed E-state index contributed by atoms with van der Waals surface area (Å²) in [5.41, 5.74) is 1.58. The molecule has 0 heterocycles. The second kappa shape index (κ2) is 11.0. The first kappa shape index (κ1) is 27.0. The molecule has 1 amide bonds. The molecule has 1 N–H and O–H groups in total. The van der Waals surface area contributed by atoms with Gasteiger partial charge >= 0.3 is 12.1 Å². The minimum absolute atomic E-state index is 0.280. The highest BCUT2D eigenvalue weighted by Gasteiger charge is 2.47. The summed E-state index contributed by atoms with van der Waals surface area (Å²) in [5, 5.41) is 2.63. The molecule has 31 heavy (non-hydrogen) atoms. The molecule has 0 aliphatic rings. The van der Waals surface area contributed by atoms with E-state index in [1.807, 2.05) is 24.3 Å². The van der Waals surface area contributed by atoms with E-state index in [0.29, 0.717) is 16.6 Å². The normalized spacial score (nSPS) is 13.3. The summed E-state index contributed by atoms with van der Waals surface area (Å²) in [6, 6.07) is 6.92. The number of ether oxygens (including phenoxy) is 2. The smallest absolute Gasteiger partial charge is 0.408 e. The molecule has 1 rings (SSSR count). The number of carbonyl (C=O) groups excluding carboxylic acids is 2. The zero-order valence-electron chi connectivity index (χ0n) is 20.9. The number of benzene rings is 1. The summed E-state index contributed by atoms with van der Waals surface area (Å²) in [5.74, 6) is 0.286. The molecule has 1 aromatic carbocycles. The van der Waals surface area contributed by atoms with Gasteiger partial charge in [-0.1, -0.05) is 53.7 Å². The molecule has 0 aliphatic heterocycles. The Balaban J connectivity index is 3.11. The Kier molecular flexibility index (Phi) is 9.61. The SMILES string of the molecule is COC(=O)[C@H](Cc1cccc(O[Si](C(C)C)(C(C)C)C(C)C)c1)NC(=O)OC(C)(C)C. The van der Waals surface area contributed by atoms with Crippen LogP contribution < -0.4 is 9.74 Å². The molecule has 0 spiro atoms. The van der Waals surface area contributed by atoms with Crippen molar-refractivity contribution in [2.24, 2.45) is 0 Å². The molecular weight excluding hydrogens is 410 g/mol. The van der Waals surface area contributed by atoms with Gasteiger partial charge in [0, 0.05) is 6.42 Å². The molecule has 7 heteroatoms. The lowest BCUT2D eigenvalue weighted by molar-refractivity contribution is -0.143. The maximum atomic E-state index is 12.3. The molecule has 1 aromatic rings. The zero-order chi connectivity index (χ0) is 24.0. The van der Waals surface area contributed by atoms with Crippen LogP contribution >= 0.6 is 0 Å². The monoisotopic (exact) mass is 451 g/mol. The number of amides is 1. The average Bonchev–Trinajstić information content (AvgIpc) is 2.62. The Morgan fingerprint density at radius 3 is 2.00 bits per heavy atom. The van der Waals surface area contributed by atoms with Crippen molar-refractivity contribution in [3.63, 3.8) is 0 Å². The van der Waals surface area contributed by atoms with Crippen molar-refractivity contribution in [3.05, 3.63) is 29.8 Å². The number of nitrogens with one attached hydrogen (secondary N) is 1. The molecular formula is C24H41NO5Si. The topological polar surface area (TPSA) is 73.9 Å². The largest absolute Gasteiger partial charge is 0.543 e. The standard InChI is InChI=1S/C24H41NO5Si/c1-16(2)31(17(3)4,18(5)6)30-20-13-11-12-19(14-20)15-21(22(26)28-10)25-23(27)29-24(7,8)9/h11-14,16-18,21H,15H2,1-10H3,(H,25,27)/t21-/m0/s1. The first-order valence-corrected chi connectivity index (χ1v) is 13.2. The third kappa shape index (κ3) is 7.56. The quantitative estimate of drug-likeness (QED) is 0.376. The summed E-state index contributed by atoms with van der Waals surface area (Å²) < 4.78 is 16.9. The number of hydrogen-bond acceptors (Lipinski definition) is 5. The zero-order valence-corrected chi connectivity index (χ0v) is 21.9. The van der Waals surface area contributed by atoms with Gasteiger partial charge in [-0.25, -0.2) is 9.59 Å². The van der Waals surface area contributed by atoms with Crippen LogP contribution in [0.2, 0.25) is 16.6 Å². The van der Waals surface area contributed by atoms with Crippen LogP contribution in [0.1, 0.15) is 67.9 Å². The van der Waals surface area contributed by atoms with E-state index >= 15 is 0 Å². The predicted molar refractivity (Wildman–Crippen MR) is 127 cm³/mol. The molecule has 1 atom stereocenters. The highest BCUT2D eigenvalue weighted by Crippen LogP contribution is 2.42. The third-order valence-electron chi connectivity index (χ3n) is 5.52. The molecule has 0 fully saturated rings. The molecule has 0 aliphatic carbocycles. The number of hydrogen-bond donors (Lipinski definition) is 1. The minimum atomic E-state index is -2.09. The van der Waals surface area contributed by atoms with E-state index in [2.05, 4.69) is 46.9 Å². The van der Waals surface area contributed by atoms with Gasteiger partial charge in [0.25, 0.3) is 8.32 Å². The molecule has 0 saturated heterocycles. The van der Waals surface area contributed by atoms with Crippen LogP contribution in [0, 0.1) is 0 Å². The van der Waals surface area contributed by atoms with Gasteiger partial charge in [0.05, 0.1) is 7.11 Å². The van der Waals surface area contributed by atoms with Crippen molar-refractivity contribution in [2.45, 2.75) is 97.0 Å². The molecule has 0 bridgehead atoms. The number of rotatable bonds is 9. The second-order valence-corrected chi connectivity index (χ2v) is 15.4. The minimum Gasteiger partial charge on any atom is -0.543 e. The molecule has 176 valence electrons. The summed E-state index contributed by atoms with van der Waals surface area (Å²) in [6.45, 7) is 18.8. The second-order valence-electron chi connectivity index (χ2n) is 9.99. The van der Waals surface area contributed by atoms with Crippen LogP contribution in [0.5, 0.6) is 5.75 Å². The van der Waals surface area contributed by atoms with Gasteiger partial charge in [0.2, 0.25) is 0 Å². The summed E-state index contributed by atoms with van der Waals surface area (Å²) in [7, 11) is -0.789. The fourth-order valence-electron chi connectivity index (χ4n) is 4.31. The summed E-state index contributed by atoms with van der Waals surface area (Å²) in [6.07, 6.45) is -0.371. The maximum absolute atomic E-state index is 12.3. The van der Waals surface area contributed by atoms with Gasteiger partial charge in [-0.3, -0.25) is 0 Å². The van der Waals surface area contributed by atoms with E-state index in [1.165, 1.54) is 7.11 Å². The van der Waals surface area contributed by atoms with Gasteiger partial charge in [-0.15, -0.1) is 0 Å². The van der Waals surface area contributed by atoms with Crippen LogP contribution in [0.4, 0.5) is 4.79 Å². The number of esters is 1. The Morgan fingerprint density at radius 2 is 1.55 bits per heavy atom. The van der Waals surface area contributed by atoms with Crippen molar-refractivity contribution in [3.8, 4) is 5.75 Å². The summed E-state index contributed by atoms with van der Waals surface area (Å²) in [4.78, 5) is 24.5. The molecule has 0 aromatic heterocycles. The highest BCUT2D eigenvalue weighted by atomic mass is 28.4. The lowest BCUT2D eigenvalue weighted by Gasteiger charge is -2.42. The lowest BCUT2D eigenvalue weighted by Crippen LogP contribution is -2.50. The number of alkyl carbamates (subject to hydrolysis) is 1. The predicted octanol–water partition coefficient (Wildman–Crippen LogP) is 5.85. The van der Waals surface area contributed by atoms with Crippen LogP contribution in [0.15, 0.2) is 24.3 Å². The molecule has 0 radical (unpaired) electrons. The number of methoxy groups -OCH3 is 1. The van der Waals surface area contributed by atoms with Crippen LogP contribution in [-0.2, 0) is 20.7 Å². The fourth-order valence-corrected chi connectivity index (χ4v) is 9.56. The van der Waals surface area contributed by atoms with E-state index in [9.17, 15) is 9.59 Å². The molecule has 0 unspecified atom stereocenters. The Bertz CT molecular complexity index is 718. The molecule has 6 nitrogen and oxygen atoms in total. The van der Waals surface area contributed by atoms with E-state index in [4.69, 9.17) is 13.9 Å². The van der Waals surface area contributed by atoms with E-state index in [-0.39, 0.29) is 6.42 Å². The van der Waals surface area contributed by atoms with Gasteiger partial charge in [-0.05, 0) is 55.1 Å². The van der Waals surface area contributed by atoms with Gasteiger partial charge in [0.15, 0.2) is 0 Å². The van der Waals surface area contributed by atoms with E-state index < -0.39 is 32.0 Å². The fraction of sp³-hybridized carbons (Fsp3) is 0.667. The van der Waals surface area contributed by atoms with Gasteiger partial charge < -0.3 is 19.2 Å². The first-order chi connectivity index (χ1) is 14.2. The van der Waals surface area contributed by atoms with E-state index in [1.54, 1.807) is 20.8 Å². The van der Waals surface area contributed by atoms with Crippen molar-refractivity contribution < 1.29 is 23.5 Å². The van der Waals surface area contributed by atoms with Crippen LogP contribution in [0.25, 0.3) is 0 Å². The van der Waals surface area contributed by atoms with Crippen molar-refractivity contribution in [2.75, 3.05) is 7.11 Å². The van der Waals surface area contributed by atoms with Crippen molar-refractivity contribution >= 4 is 20.4 Å². The average molecular weight is 452 g/mol. The third-order valence-corrected chi connectivity index (χ3v) is 11.5. The maximum Gasteiger partial charge on any atom is 0.408 e. The van der Waals surface area contributed by atoms with Crippen LogP contribution in [-0.4, -0.2) is 39.1 Å². The summed E-state index contributed by atoms with van der Waals surface area (Å²) >= 11 is 0. The lowest BCUT2D eigenvalue weighted by atomic mass is 10.1. The number of carbonyl (C=O) groups is 2. The van der Waals surface area contributed by atoms with Gasteiger partial charge in [-0.2, -0.15) is 0 Å². The first-order valence-electron chi connectivity index (χ1n) is 11.1.